The highest BCUT2D eigenvalue weighted by Gasteiger charge is 2.13. The fourth-order valence-corrected chi connectivity index (χ4v) is 3.48. The van der Waals surface area contributed by atoms with Crippen LogP contribution in [0.4, 0.5) is 11.4 Å². The van der Waals surface area contributed by atoms with E-state index >= 15 is 0 Å². The summed E-state index contributed by atoms with van der Waals surface area (Å²) in [7, 11) is 1.55. The van der Waals surface area contributed by atoms with Crippen LogP contribution in [0.15, 0.2) is 48.5 Å². The van der Waals surface area contributed by atoms with Crippen LogP contribution < -0.4 is 15.0 Å². The molecule has 0 aromatic heterocycles. The van der Waals surface area contributed by atoms with Crippen molar-refractivity contribution in [2.24, 2.45) is 0 Å². The summed E-state index contributed by atoms with van der Waals surface area (Å²) in [4.78, 5) is 26.5. The van der Waals surface area contributed by atoms with Crippen LogP contribution in [0.2, 0.25) is 0 Å². The molecule has 0 aliphatic carbocycles. The third-order valence-corrected chi connectivity index (χ3v) is 5.01. The van der Waals surface area contributed by atoms with Crippen molar-refractivity contribution in [1.82, 2.24) is 0 Å². The molecule has 154 valence electrons. The Balaban J connectivity index is 1.46. The molecule has 0 saturated carbocycles. The van der Waals surface area contributed by atoms with Crippen molar-refractivity contribution in [1.29, 1.82) is 0 Å². The lowest BCUT2D eigenvalue weighted by Gasteiger charge is -2.22. The van der Waals surface area contributed by atoms with Crippen molar-refractivity contribution >= 4 is 23.3 Å². The third-order valence-electron chi connectivity index (χ3n) is 5.01. The van der Waals surface area contributed by atoms with Gasteiger partial charge in [0, 0.05) is 30.0 Å². The molecule has 1 amide bonds. The molecule has 0 radical (unpaired) electrons. The Morgan fingerprint density at radius 2 is 1.66 bits per heavy atom. The Labute approximate surface area is 171 Å². The lowest BCUT2D eigenvalue weighted by Crippen LogP contribution is -2.24. The number of esters is 1. The van der Waals surface area contributed by atoms with E-state index in [9.17, 15) is 9.59 Å². The molecule has 1 N–H and O–H groups in total. The van der Waals surface area contributed by atoms with Crippen molar-refractivity contribution in [2.75, 3.05) is 37.0 Å². The molecule has 0 bridgehead atoms. The summed E-state index contributed by atoms with van der Waals surface area (Å²) >= 11 is 0. The molecule has 2 aromatic rings. The van der Waals surface area contributed by atoms with E-state index in [1.54, 1.807) is 19.2 Å². The summed E-state index contributed by atoms with van der Waals surface area (Å²) in [5, 5.41) is 2.77. The molecule has 29 heavy (non-hydrogen) atoms. The van der Waals surface area contributed by atoms with E-state index in [0.29, 0.717) is 11.4 Å². The van der Waals surface area contributed by atoms with Gasteiger partial charge in [-0.25, -0.2) is 0 Å². The third kappa shape index (κ3) is 6.24. The second-order valence-electron chi connectivity index (χ2n) is 7.15. The first kappa shape index (κ1) is 20.7. The van der Waals surface area contributed by atoms with Crippen molar-refractivity contribution < 1.29 is 19.1 Å². The quantitative estimate of drug-likeness (QED) is 0.721. The smallest absolute Gasteiger partial charge is 0.310 e. The van der Waals surface area contributed by atoms with Crippen molar-refractivity contribution in [3.8, 4) is 5.75 Å². The maximum absolute atomic E-state index is 12.1. The van der Waals surface area contributed by atoms with Gasteiger partial charge >= 0.3 is 5.97 Å². The summed E-state index contributed by atoms with van der Waals surface area (Å²) in [6.45, 7) is 1.84. The number of hydrogen-bond donors (Lipinski definition) is 1. The van der Waals surface area contributed by atoms with Crippen LogP contribution in [0.25, 0.3) is 0 Å². The zero-order chi connectivity index (χ0) is 20.5. The topological polar surface area (TPSA) is 67.9 Å². The van der Waals surface area contributed by atoms with Crippen LogP contribution >= 0.6 is 0 Å². The highest BCUT2D eigenvalue weighted by molar-refractivity contribution is 5.93. The predicted octanol–water partition coefficient (Wildman–Crippen LogP) is 3.80. The van der Waals surface area contributed by atoms with Gasteiger partial charge in [0.2, 0.25) is 0 Å². The summed E-state index contributed by atoms with van der Waals surface area (Å²) in [6.07, 6.45) is 5.08. The molecule has 3 rings (SSSR count). The molecule has 0 atom stereocenters. The Hall–Kier alpha value is -3.02. The molecular weight excluding hydrogens is 368 g/mol. The van der Waals surface area contributed by atoms with Crippen LogP contribution in [0.1, 0.15) is 31.2 Å². The molecule has 1 aliphatic heterocycles. The van der Waals surface area contributed by atoms with E-state index in [4.69, 9.17) is 9.47 Å². The van der Waals surface area contributed by atoms with E-state index in [0.717, 1.165) is 18.7 Å². The number of nitrogens with one attached hydrogen (secondary N) is 1. The number of methoxy groups -OCH3 is 1. The lowest BCUT2D eigenvalue weighted by atomic mass is 10.1. The number of carbonyl (C=O) groups excluding carboxylic acids is 2. The minimum atomic E-state index is -0.471. The monoisotopic (exact) mass is 396 g/mol. The zero-order valence-corrected chi connectivity index (χ0v) is 16.9. The van der Waals surface area contributed by atoms with E-state index in [-0.39, 0.29) is 18.9 Å². The van der Waals surface area contributed by atoms with Gasteiger partial charge in [-0.15, -0.1) is 0 Å². The van der Waals surface area contributed by atoms with Gasteiger partial charge in [0.15, 0.2) is 6.61 Å². The molecule has 0 unspecified atom stereocenters. The Morgan fingerprint density at radius 3 is 2.34 bits per heavy atom. The zero-order valence-electron chi connectivity index (χ0n) is 16.9. The summed E-state index contributed by atoms with van der Waals surface area (Å²) in [6, 6.07) is 15.1. The summed E-state index contributed by atoms with van der Waals surface area (Å²) in [5.41, 5.74) is 2.59. The van der Waals surface area contributed by atoms with Crippen LogP contribution in [-0.2, 0) is 20.7 Å². The number of anilines is 2. The number of amides is 1. The summed E-state index contributed by atoms with van der Waals surface area (Å²) in [5.74, 6) is -0.208. The average molecular weight is 396 g/mol. The van der Waals surface area contributed by atoms with E-state index in [1.807, 2.05) is 36.4 Å². The number of benzene rings is 2. The van der Waals surface area contributed by atoms with Gasteiger partial charge in [0.05, 0.1) is 13.5 Å². The minimum Gasteiger partial charge on any atom is -0.496 e. The fourth-order valence-electron chi connectivity index (χ4n) is 3.48. The molecule has 2 aromatic carbocycles. The second-order valence-corrected chi connectivity index (χ2v) is 7.15. The first-order valence-corrected chi connectivity index (χ1v) is 10.1. The van der Waals surface area contributed by atoms with Crippen molar-refractivity contribution in [3.05, 3.63) is 54.1 Å². The number of rotatable bonds is 7. The number of carbonyl (C=O) groups is 2. The molecule has 0 spiro atoms. The highest BCUT2D eigenvalue weighted by Crippen LogP contribution is 2.22. The minimum absolute atomic E-state index is 0.0574. The van der Waals surface area contributed by atoms with Gasteiger partial charge in [-0.05, 0) is 43.2 Å². The van der Waals surface area contributed by atoms with Crippen molar-refractivity contribution in [3.63, 3.8) is 0 Å². The first-order chi connectivity index (χ1) is 14.2. The largest absolute Gasteiger partial charge is 0.496 e. The molecule has 6 heteroatoms. The maximum atomic E-state index is 12.1. The van der Waals surface area contributed by atoms with Gasteiger partial charge < -0.3 is 19.7 Å². The van der Waals surface area contributed by atoms with Gasteiger partial charge in [-0.3, -0.25) is 9.59 Å². The Kier molecular flexibility index (Phi) is 7.50. The first-order valence-electron chi connectivity index (χ1n) is 10.1. The molecule has 1 saturated heterocycles. The lowest BCUT2D eigenvalue weighted by molar-refractivity contribution is -0.146. The normalized spacial score (nSPS) is 14.0. The van der Waals surface area contributed by atoms with Crippen LogP contribution in [0.5, 0.6) is 5.75 Å². The standard InChI is InChI=1S/C23H28N2O4/c1-28-21-9-5-4-8-18(21)16-23(27)29-17-22(26)24-19-10-12-20(13-11-19)25-14-6-2-3-7-15-25/h4-5,8-13H,2-3,6-7,14-17H2,1H3,(H,24,26). The number of hydrogen-bond acceptors (Lipinski definition) is 5. The molecule has 6 nitrogen and oxygen atoms in total. The Bertz CT molecular complexity index is 812. The second kappa shape index (κ2) is 10.5. The molecular formula is C23H28N2O4. The fraction of sp³-hybridized carbons (Fsp3) is 0.391. The highest BCUT2D eigenvalue weighted by atomic mass is 16.5. The van der Waals surface area contributed by atoms with E-state index in [2.05, 4.69) is 10.2 Å². The SMILES string of the molecule is COc1ccccc1CC(=O)OCC(=O)Nc1ccc(N2CCCCCC2)cc1. The van der Waals surface area contributed by atoms with Crippen LogP contribution in [0.3, 0.4) is 0 Å². The van der Waals surface area contributed by atoms with Gasteiger partial charge in [-0.2, -0.15) is 0 Å². The summed E-state index contributed by atoms with van der Waals surface area (Å²) < 4.78 is 10.3. The van der Waals surface area contributed by atoms with Gasteiger partial charge in [-0.1, -0.05) is 31.0 Å². The molecule has 1 fully saturated rings. The Morgan fingerprint density at radius 1 is 0.966 bits per heavy atom. The molecule has 1 aliphatic rings. The maximum Gasteiger partial charge on any atom is 0.310 e. The molecule has 1 heterocycles. The van der Waals surface area contributed by atoms with E-state index < -0.39 is 5.97 Å². The average Bonchev–Trinajstić information content (AvgIpc) is 3.03. The van der Waals surface area contributed by atoms with Crippen LogP contribution in [0, 0.1) is 0 Å². The van der Waals surface area contributed by atoms with Gasteiger partial charge in [0.1, 0.15) is 5.75 Å². The van der Waals surface area contributed by atoms with Gasteiger partial charge in [0.25, 0.3) is 5.91 Å². The van der Waals surface area contributed by atoms with Crippen molar-refractivity contribution in [2.45, 2.75) is 32.1 Å². The van der Waals surface area contributed by atoms with E-state index in [1.165, 1.54) is 31.4 Å². The predicted molar refractivity (Wildman–Crippen MR) is 113 cm³/mol. The number of ether oxygens (including phenoxy) is 2. The van der Waals surface area contributed by atoms with Crippen LogP contribution in [-0.4, -0.2) is 38.7 Å². The number of para-hydroxylation sites is 1. The number of nitrogens with zero attached hydrogens (tertiary/aromatic N) is 1.